The lowest BCUT2D eigenvalue weighted by molar-refractivity contribution is 0.0398. The maximum Gasteiger partial charge on any atom is 0.227 e. The number of piperazine rings is 1. The number of fused-ring (bicyclic) bond motifs is 1. The maximum absolute atomic E-state index is 5.48. The van der Waals surface area contributed by atoms with Gasteiger partial charge in [0.25, 0.3) is 0 Å². The van der Waals surface area contributed by atoms with Gasteiger partial charge < -0.3 is 19.9 Å². The topological polar surface area (TPSA) is 56.8 Å². The largest absolute Gasteiger partial charge is 0.379 e. The molecule has 0 aliphatic carbocycles. The molecule has 36 heavy (non-hydrogen) atoms. The molecule has 1 N–H and O–H groups in total. The van der Waals surface area contributed by atoms with Crippen LogP contribution < -0.4 is 10.2 Å². The standard InChI is InChI=1S/C25H32N6O.2C2H6/c1-29-11-13-31(14-12-29)25-27-23-8-7-21(20-5-3-2-4-6-20)19-22(23)24(28-25)26-9-10-30-15-17-32-18-16-30;2*1-2/h2-8,19H,9-18H2,1H3,(H,26,27,28);2*1-2H3. The summed E-state index contributed by atoms with van der Waals surface area (Å²) in [5.74, 6) is 1.75. The Morgan fingerprint density at radius 2 is 1.50 bits per heavy atom. The average Bonchev–Trinajstić information content (AvgIpc) is 2.96. The Morgan fingerprint density at radius 3 is 2.19 bits per heavy atom. The highest BCUT2D eigenvalue weighted by atomic mass is 16.5. The highest BCUT2D eigenvalue weighted by molar-refractivity contribution is 5.93. The van der Waals surface area contributed by atoms with Crippen LogP contribution in [0.4, 0.5) is 11.8 Å². The van der Waals surface area contributed by atoms with Crippen molar-refractivity contribution in [1.29, 1.82) is 0 Å². The third kappa shape index (κ3) is 7.38. The second kappa shape index (κ2) is 14.7. The van der Waals surface area contributed by atoms with Crippen LogP contribution in [-0.2, 0) is 4.74 Å². The first-order valence-corrected chi connectivity index (χ1v) is 13.6. The molecule has 0 atom stereocenters. The van der Waals surface area contributed by atoms with E-state index in [0.717, 1.165) is 88.2 Å². The Hall–Kier alpha value is -2.74. The van der Waals surface area contributed by atoms with E-state index < -0.39 is 0 Å². The van der Waals surface area contributed by atoms with E-state index in [4.69, 9.17) is 14.7 Å². The molecule has 3 aromatic rings. The fourth-order valence-corrected chi connectivity index (χ4v) is 4.37. The van der Waals surface area contributed by atoms with E-state index in [0.29, 0.717) is 0 Å². The molecule has 0 bridgehead atoms. The van der Waals surface area contributed by atoms with Gasteiger partial charge in [0.1, 0.15) is 5.82 Å². The predicted molar refractivity (Wildman–Crippen MR) is 153 cm³/mol. The van der Waals surface area contributed by atoms with Gasteiger partial charge in [0, 0.05) is 57.7 Å². The number of anilines is 2. The van der Waals surface area contributed by atoms with Crippen molar-refractivity contribution in [2.24, 2.45) is 0 Å². The molecule has 0 spiro atoms. The van der Waals surface area contributed by atoms with Crippen molar-refractivity contribution in [3.8, 4) is 11.1 Å². The SMILES string of the molecule is CC.CC.CN1CCN(c2nc(NCCN3CCOCC3)c3cc(-c4ccccc4)ccc3n2)CC1. The number of benzene rings is 2. The summed E-state index contributed by atoms with van der Waals surface area (Å²) in [7, 11) is 2.17. The third-order valence-electron chi connectivity index (χ3n) is 6.40. The van der Waals surface area contributed by atoms with Gasteiger partial charge >= 0.3 is 0 Å². The van der Waals surface area contributed by atoms with Gasteiger partial charge in [-0.25, -0.2) is 4.98 Å². The molecule has 5 rings (SSSR count). The predicted octanol–water partition coefficient (Wildman–Crippen LogP) is 4.85. The molecular weight excluding hydrogens is 448 g/mol. The lowest BCUT2D eigenvalue weighted by Crippen LogP contribution is -2.45. The number of ether oxygens (including phenoxy) is 1. The van der Waals surface area contributed by atoms with Crippen molar-refractivity contribution in [3.05, 3.63) is 48.5 Å². The minimum absolute atomic E-state index is 0.824. The molecule has 2 saturated heterocycles. The fraction of sp³-hybridized carbons (Fsp3) is 0.517. The average molecular weight is 493 g/mol. The molecule has 1 aromatic heterocycles. The van der Waals surface area contributed by atoms with E-state index in [9.17, 15) is 0 Å². The van der Waals surface area contributed by atoms with E-state index in [-0.39, 0.29) is 0 Å². The number of nitrogens with zero attached hydrogens (tertiary/aromatic N) is 5. The molecule has 2 aromatic carbocycles. The first-order valence-electron chi connectivity index (χ1n) is 13.6. The summed E-state index contributed by atoms with van der Waals surface area (Å²) in [4.78, 5) is 17.1. The number of hydrogen-bond acceptors (Lipinski definition) is 7. The molecule has 3 heterocycles. The van der Waals surface area contributed by atoms with Crippen molar-refractivity contribution in [3.63, 3.8) is 0 Å². The molecule has 0 radical (unpaired) electrons. The number of aromatic nitrogens is 2. The smallest absolute Gasteiger partial charge is 0.227 e. The quantitative estimate of drug-likeness (QED) is 0.528. The number of nitrogens with one attached hydrogen (secondary N) is 1. The minimum Gasteiger partial charge on any atom is -0.379 e. The molecular formula is C29H44N6O. The molecule has 0 amide bonds. The van der Waals surface area contributed by atoms with E-state index in [1.165, 1.54) is 11.1 Å². The van der Waals surface area contributed by atoms with Crippen LogP contribution in [0.5, 0.6) is 0 Å². The Bertz CT molecular complexity index is 1030. The van der Waals surface area contributed by atoms with Crippen LogP contribution in [0, 0.1) is 0 Å². The van der Waals surface area contributed by atoms with Gasteiger partial charge in [0.05, 0.1) is 18.7 Å². The minimum atomic E-state index is 0.824. The number of morpholine rings is 1. The third-order valence-corrected chi connectivity index (χ3v) is 6.40. The van der Waals surface area contributed by atoms with Gasteiger partial charge in [-0.15, -0.1) is 0 Å². The molecule has 2 fully saturated rings. The molecule has 7 heteroatoms. The molecule has 7 nitrogen and oxygen atoms in total. The highest BCUT2D eigenvalue weighted by Crippen LogP contribution is 2.29. The second-order valence-electron chi connectivity index (χ2n) is 8.64. The van der Waals surface area contributed by atoms with Crippen LogP contribution in [0.1, 0.15) is 27.7 Å². The van der Waals surface area contributed by atoms with Gasteiger partial charge in [-0.3, -0.25) is 4.90 Å². The molecule has 0 unspecified atom stereocenters. The van der Waals surface area contributed by atoms with E-state index in [1.807, 2.05) is 27.7 Å². The van der Waals surface area contributed by atoms with Crippen molar-refractivity contribution < 1.29 is 4.74 Å². The van der Waals surface area contributed by atoms with Crippen LogP contribution in [0.15, 0.2) is 48.5 Å². The van der Waals surface area contributed by atoms with E-state index >= 15 is 0 Å². The lowest BCUT2D eigenvalue weighted by atomic mass is 10.0. The van der Waals surface area contributed by atoms with Gasteiger partial charge in [-0.2, -0.15) is 4.98 Å². The van der Waals surface area contributed by atoms with Crippen LogP contribution in [0.3, 0.4) is 0 Å². The van der Waals surface area contributed by atoms with Gasteiger partial charge in [-0.1, -0.05) is 64.1 Å². The zero-order valence-corrected chi connectivity index (χ0v) is 22.8. The Morgan fingerprint density at radius 1 is 0.806 bits per heavy atom. The first kappa shape index (κ1) is 27.8. The van der Waals surface area contributed by atoms with Crippen LogP contribution in [-0.4, -0.2) is 92.4 Å². The highest BCUT2D eigenvalue weighted by Gasteiger charge is 2.19. The maximum atomic E-state index is 5.48. The van der Waals surface area contributed by atoms with Crippen molar-refractivity contribution in [2.45, 2.75) is 27.7 Å². The Kier molecular flexibility index (Phi) is 11.4. The zero-order valence-electron chi connectivity index (χ0n) is 22.8. The summed E-state index contributed by atoms with van der Waals surface area (Å²) in [6.07, 6.45) is 0. The lowest BCUT2D eigenvalue weighted by Gasteiger charge is -2.32. The number of rotatable bonds is 6. The van der Waals surface area contributed by atoms with Crippen molar-refractivity contribution in [1.82, 2.24) is 19.8 Å². The molecule has 2 aliphatic rings. The summed E-state index contributed by atoms with van der Waals surface area (Å²) >= 11 is 0. The van der Waals surface area contributed by atoms with Crippen molar-refractivity contribution in [2.75, 3.05) is 82.8 Å². The fourth-order valence-electron chi connectivity index (χ4n) is 4.37. The Labute approximate surface area is 217 Å². The van der Waals surface area contributed by atoms with E-state index in [2.05, 4.69) is 75.6 Å². The zero-order chi connectivity index (χ0) is 25.8. The molecule has 0 saturated carbocycles. The summed E-state index contributed by atoms with van der Waals surface area (Å²) in [6, 6.07) is 17.0. The monoisotopic (exact) mass is 492 g/mol. The Balaban J connectivity index is 0.000000861. The van der Waals surface area contributed by atoms with Crippen LogP contribution in [0.25, 0.3) is 22.0 Å². The molecule has 2 aliphatic heterocycles. The van der Waals surface area contributed by atoms with Crippen molar-refractivity contribution >= 4 is 22.7 Å². The summed E-state index contributed by atoms with van der Waals surface area (Å²) in [5, 5.41) is 4.71. The number of hydrogen-bond donors (Lipinski definition) is 1. The van der Waals surface area contributed by atoms with Gasteiger partial charge in [0.2, 0.25) is 5.95 Å². The normalized spacial score (nSPS) is 16.5. The summed E-state index contributed by atoms with van der Waals surface area (Å²) < 4.78 is 5.48. The van der Waals surface area contributed by atoms with E-state index in [1.54, 1.807) is 0 Å². The number of likely N-dealkylation sites (N-methyl/N-ethyl adjacent to an activating group) is 1. The first-order chi connectivity index (χ1) is 17.8. The van der Waals surface area contributed by atoms with Crippen LogP contribution in [0.2, 0.25) is 0 Å². The summed E-state index contributed by atoms with van der Waals surface area (Å²) in [6.45, 7) is 17.5. The van der Waals surface area contributed by atoms with Crippen LogP contribution >= 0.6 is 0 Å². The van der Waals surface area contributed by atoms with Gasteiger partial charge in [-0.05, 0) is 30.3 Å². The molecule has 196 valence electrons. The summed E-state index contributed by atoms with van der Waals surface area (Å²) in [5.41, 5.74) is 3.38. The second-order valence-corrected chi connectivity index (χ2v) is 8.64. The van der Waals surface area contributed by atoms with Gasteiger partial charge in [0.15, 0.2) is 0 Å².